The predicted molar refractivity (Wildman–Crippen MR) is 94.3 cm³/mol. The van der Waals surface area contributed by atoms with Gasteiger partial charge in [0, 0.05) is 30.6 Å². The number of hydrogen-bond acceptors (Lipinski definition) is 3. The molecule has 4 rings (SSSR count). The van der Waals surface area contributed by atoms with Crippen LogP contribution in [0.25, 0.3) is 0 Å². The molecule has 0 radical (unpaired) electrons. The van der Waals surface area contributed by atoms with E-state index in [1.807, 2.05) is 48.5 Å². The molecule has 2 aromatic carbocycles. The maximum atomic E-state index is 12.3. The molecule has 0 spiro atoms. The molecule has 2 heterocycles. The Kier molecular flexibility index (Phi) is 3.71. The van der Waals surface area contributed by atoms with Gasteiger partial charge in [-0.15, -0.1) is 0 Å². The molecule has 0 saturated carbocycles. The number of nitrogens with zero attached hydrogens (tertiary/aromatic N) is 1. The second kappa shape index (κ2) is 5.92. The van der Waals surface area contributed by atoms with Crippen LogP contribution in [0.15, 0.2) is 48.5 Å². The molecule has 1 atom stereocenters. The number of para-hydroxylation sites is 1. The maximum absolute atomic E-state index is 12.3. The Bertz CT molecular complexity index is 831. The highest BCUT2D eigenvalue weighted by Gasteiger charge is 2.44. The van der Waals surface area contributed by atoms with E-state index in [-0.39, 0.29) is 5.91 Å². The van der Waals surface area contributed by atoms with Crippen molar-refractivity contribution in [2.24, 2.45) is 5.73 Å². The van der Waals surface area contributed by atoms with Gasteiger partial charge in [-0.05, 0) is 36.6 Å². The average molecular weight is 336 g/mol. The average Bonchev–Trinajstić information content (AvgIpc) is 3.07. The van der Waals surface area contributed by atoms with Crippen LogP contribution in [0.5, 0.6) is 5.75 Å². The van der Waals surface area contributed by atoms with Crippen LogP contribution in [0.1, 0.15) is 30.4 Å². The first kappa shape index (κ1) is 15.7. The number of benzene rings is 2. The minimum absolute atomic E-state index is 0.139. The van der Waals surface area contributed by atoms with Crippen LogP contribution in [-0.2, 0) is 21.6 Å². The first-order chi connectivity index (χ1) is 12.1. The minimum atomic E-state index is -1.16. The van der Waals surface area contributed by atoms with Crippen LogP contribution >= 0.6 is 0 Å². The fourth-order valence-corrected chi connectivity index (χ4v) is 3.71. The Labute approximate surface area is 146 Å². The number of aryl methyl sites for hydroxylation is 1. The van der Waals surface area contributed by atoms with Crippen LogP contribution in [0, 0.1) is 0 Å². The van der Waals surface area contributed by atoms with Gasteiger partial charge in [-0.3, -0.25) is 9.59 Å². The lowest BCUT2D eigenvalue weighted by Gasteiger charge is -2.36. The van der Waals surface area contributed by atoms with Crippen LogP contribution in [0.4, 0.5) is 5.69 Å². The summed E-state index contributed by atoms with van der Waals surface area (Å²) in [6.45, 7) is 0.739. The number of anilines is 1. The molecular formula is C20H20N2O3. The van der Waals surface area contributed by atoms with Crippen LogP contribution in [0.3, 0.4) is 0 Å². The van der Waals surface area contributed by atoms with E-state index in [2.05, 4.69) is 0 Å². The number of carbonyl (C=O) groups is 2. The quantitative estimate of drug-likeness (QED) is 0.936. The van der Waals surface area contributed by atoms with E-state index >= 15 is 0 Å². The SMILES string of the molecule is NC(=O)C1(c2ccc(N3CCCC3=O)cc2)CCc2ccccc2O1. The van der Waals surface area contributed by atoms with Gasteiger partial charge in [0.05, 0.1) is 0 Å². The lowest BCUT2D eigenvalue weighted by atomic mass is 9.84. The van der Waals surface area contributed by atoms with Crippen molar-refractivity contribution in [2.45, 2.75) is 31.3 Å². The molecule has 1 fully saturated rings. The molecule has 0 aromatic heterocycles. The van der Waals surface area contributed by atoms with Crippen molar-refractivity contribution < 1.29 is 14.3 Å². The Hall–Kier alpha value is -2.82. The first-order valence-electron chi connectivity index (χ1n) is 8.58. The van der Waals surface area contributed by atoms with Crippen molar-refractivity contribution in [3.05, 3.63) is 59.7 Å². The van der Waals surface area contributed by atoms with Gasteiger partial charge < -0.3 is 15.4 Å². The van der Waals surface area contributed by atoms with Crippen LogP contribution in [0.2, 0.25) is 0 Å². The number of nitrogens with two attached hydrogens (primary N) is 1. The number of carbonyl (C=O) groups excluding carboxylic acids is 2. The summed E-state index contributed by atoms with van der Waals surface area (Å²) in [5.41, 5.74) is 7.24. The highest BCUT2D eigenvalue weighted by molar-refractivity contribution is 5.95. The molecule has 25 heavy (non-hydrogen) atoms. The number of rotatable bonds is 3. The van der Waals surface area contributed by atoms with Crippen molar-refractivity contribution in [1.82, 2.24) is 0 Å². The molecule has 128 valence electrons. The van der Waals surface area contributed by atoms with E-state index in [4.69, 9.17) is 10.5 Å². The zero-order valence-electron chi connectivity index (χ0n) is 13.9. The number of fused-ring (bicyclic) bond motifs is 1. The Morgan fingerprint density at radius 2 is 1.84 bits per heavy atom. The van der Waals surface area contributed by atoms with Gasteiger partial charge in [0.15, 0.2) is 0 Å². The molecule has 1 saturated heterocycles. The van der Waals surface area contributed by atoms with Gasteiger partial charge in [-0.25, -0.2) is 0 Å². The number of hydrogen-bond donors (Lipinski definition) is 1. The normalized spacial score (nSPS) is 22.4. The van der Waals surface area contributed by atoms with Crippen LogP contribution in [-0.4, -0.2) is 18.4 Å². The van der Waals surface area contributed by atoms with Crippen molar-refractivity contribution in [2.75, 3.05) is 11.4 Å². The van der Waals surface area contributed by atoms with E-state index in [9.17, 15) is 9.59 Å². The van der Waals surface area contributed by atoms with Crippen molar-refractivity contribution >= 4 is 17.5 Å². The second-order valence-corrected chi connectivity index (χ2v) is 6.60. The molecule has 0 aliphatic carbocycles. The second-order valence-electron chi connectivity index (χ2n) is 6.60. The molecule has 1 unspecified atom stereocenters. The molecule has 2 amide bonds. The van der Waals surface area contributed by atoms with Gasteiger partial charge in [0.2, 0.25) is 11.5 Å². The summed E-state index contributed by atoms with van der Waals surface area (Å²) in [6, 6.07) is 15.1. The summed E-state index contributed by atoms with van der Waals surface area (Å²) in [4.78, 5) is 26.0. The highest BCUT2D eigenvalue weighted by Crippen LogP contribution is 2.40. The van der Waals surface area contributed by atoms with E-state index in [0.717, 1.165) is 36.2 Å². The molecule has 2 aromatic rings. The Morgan fingerprint density at radius 3 is 2.52 bits per heavy atom. The molecular weight excluding hydrogens is 316 g/mol. The predicted octanol–water partition coefficient (Wildman–Crippen LogP) is 2.52. The lowest BCUT2D eigenvalue weighted by Crippen LogP contribution is -2.48. The first-order valence-corrected chi connectivity index (χ1v) is 8.58. The number of ether oxygens (including phenoxy) is 1. The summed E-state index contributed by atoms with van der Waals surface area (Å²) in [5.74, 6) is 0.346. The standard InChI is InChI=1S/C20H20N2O3/c21-19(24)20(12-11-14-4-1-2-5-17(14)25-20)15-7-9-16(10-8-15)22-13-3-6-18(22)23/h1-2,4-5,7-10H,3,6,11-13H2,(H2,21,24). The fourth-order valence-electron chi connectivity index (χ4n) is 3.71. The van der Waals surface area contributed by atoms with E-state index in [1.165, 1.54) is 0 Å². The molecule has 2 aliphatic rings. The highest BCUT2D eigenvalue weighted by atomic mass is 16.5. The van der Waals surface area contributed by atoms with E-state index in [1.54, 1.807) is 4.90 Å². The van der Waals surface area contributed by atoms with Crippen molar-refractivity contribution in [1.29, 1.82) is 0 Å². The summed E-state index contributed by atoms with van der Waals surface area (Å²) in [5, 5.41) is 0. The van der Waals surface area contributed by atoms with E-state index in [0.29, 0.717) is 18.6 Å². The third-order valence-electron chi connectivity index (χ3n) is 5.12. The third-order valence-corrected chi connectivity index (χ3v) is 5.12. The summed E-state index contributed by atoms with van der Waals surface area (Å²) in [7, 11) is 0. The Balaban J connectivity index is 1.68. The molecule has 2 aliphatic heterocycles. The smallest absolute Gasteiger partial charge is 0.266 e. The number of primary amides is 1. The third kappa shape index (κ3) is 2.56. The van der Waals surface area contributed by atoms with Gasteiger partial charge >= 0.3 is 0 Å². The summed E-state index contributed by atoms with van der Waals surface area (Å²) in [6.07, 6.45) is 2.70. The van der Waals surface area contributed by atoms with Gasteiger partial charge in [-0.1, -0.05) is 30.3 Å². The monoisotopic (exact) mass is 336 g/mol. The number of amides is 2. The topological polar surface area (TPSA) is 72.6 Å². The van der Waals surface area contributed by atoms with Crippen LogP contribution < -0.4 is 15.4 Å². The molecule has 0 bridgehead atoms. The summed E-state index contributed by atoms with van der Waals surface area (Å²) >= 11 is 0. The van der Waals surface area contributed by atoms with Crippen molar-refractivity contribution in [3.63, 3.8) is 0 Å². The molecule has 2 N–H and O–H groups in total. The molecule has 5 nitrogen and oxygen atoms in total. The summed E-state index contributed by atoms with van der Waals surface area (Å²) < 4.78 is 6.10. The zero-order valence-corrected chi connectivity index (χ0v) is 13.9. The minimum Gasteiger partial charge on any atom is -0.472 e. The lowest BCUT2D eigenvalue weighted by molar-refractivity contribution is -0.136. The van der Waals surface area contributed by atoms with Gasteiger partial charge in [0.1, 0.15) is 5.75 Å². The molecule has 5 heteroatoms. The van der Waals surface area contributed by atoms with Gasteiger partial charge in [0.25, 0.3) is 5.91 Å². The maximum Gasteiger partial charge on any atom is 0.266 e. The van der Waals surface area contributed by atoms with Gasteiger partial charge in [-0.2, -0.15) is 0 Å². The van der Waals surface area contributed by atoms with E-state index < -0.39 is 11.5 Å². The fraction of sp³-hybridized carbons (Fsp3) is 0.300. The largest absolute Gasteiger partial charge is 0.472 e. The zero-order chi connectivity index (χ0) is 17.4. The van der Waals surface area contributed by atoms with Crippen molar-refractivity contribution in [3.8, 4) is 5.75 Å². The Morgan fingerprint density at radius 1 is 1.08 bits per heavy atom.